The first-order valence-electron chi connectivity index (χ1n) is 6.33. The van der Waals surface area contributed by atoms with Crippen molar-refractivity contribution in [3.05, 3.63) is 21.6 Å². The molecule has 1 heterocycles. The van der Waals surface area contributed by atoms with Crippen LogP contribution in [0.15, 0.2) is 4.79 Å². The fraction of sp³-hybridized carbons (Fsp3) is 0.357. The molecule has 0 saturated carbocycles. The average Bonchev–Trinajstić information content (AvgIpc) is 2.40. The van der Waals surface area contributed by atoms with E-state index >= 15 is 0 Å². The predicted molar refractivity (Wildman–Crippen MR) is 74.7 cm³/mol. The van der Waals surface area contributed by atoms with E-state index in [0.29, 0.717) is 6.42 Å². The van der Waals surface area contributed by atoms with Crippen molar-refractivity contribution in [1.82, 2.24) is 4.98 Å². The summed E-state index contributed by atoms with van der Waals surface area (Å²) in [5.74, 6) is -2.19. The molecule has 108 valence electrons. The van der Waals surface area contributed by atoms with E-state index in [0.717, 1.165) is 0 Å². The van der Waals surface area contributed by atoms with E-state index < -0.39 is 22.8 Å². The number of aromatic nitrogens is 1. The number of benzene rings is 1. The summed E-state index contributed by atoms with van der Waals surface area (Å²) in [5, 5.41) is 40.2. The maximum Gasteiger partial charge on any atom is 0.291 e. The fourth-order valence-electron chi connectivity index (χ4n) is 2.40. The van der Waals surface area contributed by atoms with Crippen LogP contribution in [0.5, 0.6) is 23.0 Å². The van der Waals surface area contributed by atoms with Gasteiger partial charge in [-0.2, -0.15) is 0 Å². The summed E-state index contributed by atoms with van der Waals surface area (Å²) < 4.78 is 0. The number of phenols is 3. The highest BCUT2D eigenvalue weighted by molar-refractivity contribution is 6.01. The van der Waals surface area contributed by atoms with Gasteiger partial charge < -0.3 is 25.4 Å². The molecule has 1 unspecified atom stereocenters. The third-order valence-electron chi connectivity index (χ3n) is 3.69. The Labute approximate surface area is 114 Å². The lowest BCUT2D eigenvalue weighted by atomic mass is 9.92. The van der Waals surface area contributed by atoms with Crippen molar-refractivity contribution in [3.63, 3.8) is 0 Å². The molecule has 1 aromatic heterocycles. The Kier molecular flexibility index (Phi) is 3.25. The van der Waals surface area contributed by atoms with Crippen LogP contribution in [0.25, 0.3) is 10.8 Å². The van der Waals surface area contributed by atoms with Gasteiger partial charge in [0.1, 0.15) is 5.75 Å². The van der Waals surface area contributed by atoms with Gasteiger partial charge in [0.25, 0.3) is 5.56 Å². The second-order valence-corrected chi connectivity index (χ2v) is 4.95. The van der Waals surface area contributed by atoms with Crippen molar-refractivity contribution in [1.29, 1.82) is 0 Å². The Bertz CT molecular complexity index is 748. The Morgan fingerprint density at radius 3 is 2.15 bits per heavy atom. The average molecular weight is 279 g/mol. The van der Waals surface area contributed by atoms with Crippen molar-refractivity contribution >= 4 is 10.8 Å². The van der Waals surface area contributed by atoms with Crippen molar-refractivity contribution in [2.75, 3.05) is 0 Å². The summed E-state index contributed by atoms with van der Waals surface area (Å²) in [7, 11) is 0. The molecule has 0 amide bonds. The number of pyridine rings is 1. The molecular weight excluding hydrogens is 262 g/mol. The number of nitrogens with one attached hydrogen (secondary N) is 1. The lowest BCUT2D eigenvalue weighted by Crippen LogP contribution is -2.08. The highest BCUT2D eigenvalue weighted by atomic mass is 16.3. The van der Waals surface area contributed by atoms with E-state index in [2.05, 4.69) is 4.98 Å². The Morgan fingerprint density at radius 1 is 1.00 bits per heavy atom. The van der Waals surface area contributed by atoms with Crippen molar-refractivity contribution in [3.8, 4) is 23.0 Å². The Hall–Kier alpha value is -2.37. The maximum absolute atomic E-state index is 11.6. The molecule has 0 aliphatic heterocycles. The zero-order chi connectivity index (χ0) is 15.2. The van der Waals surface area contributed by atoms with Crippen molar-refractivity contribution < 1.29 is 20.4 Å². The summed E-state index contributed by atoms with van der Waals surface area (Å²) >= 11 is 0. The SMILES string of the molecule is CCC(C)c1c(O)c(O)c2c(C)[nH]c(=O)c(O)c2c1O. The number of aromatic hydroxyl groups is 4. The molecule has 0 spiro atoms. The number of H-pyrrole nitrogens is 1. The number of aromatic amines is 1. The molecule has 2 aromatic rings. The number of phenolic OH excluding ortho intramolecular Hbond substituents is 3. The molecule has 0 saturated heterocycles. The monoisotopic (exact) mass is 279 g/mol. The van der Waals surface area contributed by atoms with E-state index in [1.807, 2.05) is 6.92 Å². The van der Waals surface area contributed by atoms with E-state index in [-0.39, 0.29) is 33.7 Å². The van der Waals surface area contributed by atoms with Crippen LogP contribution in [0, 0.1) is 6.92 Å². The molecule has 6 heteroatoms. The number of rotatable bonds is 2. The van der Waals surface area contributed by atoms with Gasteiger partial charge in [0.2, 0.25) is 0 Å². The van der Waals surface area contributed by atoms with Crippen LogP contribution >= 0.6 is 0 Å². The van der Waals surface area contributed by atoms with Crippen LogP contribution in [0.4, 0.5) is 0 Å². The lowest BCUT2D eigenvalue weighted by Gasteiger charge is -2.18. The summed E-state index contributed by atoms with van der Waals surface area (Å²) in [6.45, 7) is 5.12. The van der Waals surface area contributed by atoms with Crippen LogP contribution in [-0.4, -0.2) is 25.4 Å². The predicted octanol–water partition coefficient (Wildman–Crippen LogP) is 2.17. The summed E-state index contributed by atoms with van der Waals surface area (Å²) in [6.07, 6.45) is 0.606. The minimum absolute atomic E-state index is 0.0316. The molecule has 0 aliphatic rings. The van der Waals surface area contributed by atoms with Crippen LogP contribution in [0.3, 0.4) is 0 Å². The lowest BCUT2D eigenvalue weighted by molar-refractivity contribution is 0.388. The number of hydrogen-bond acceptors (Lipinski definition) is 5. The summed E-state index contributed by atoms with van der Waals surface area (Å²) in [6, 6.07) is 0. The normalized spacial score (nSPS) is 12.8. The van der Waals surface area contributed by atoms with Gasteiger partial charge in [0.05, 0.1) is 10.8 Å². The van der Waals surface area contributed by atoms with Gasteiger partial charge in [-0.05, 0) is 19.3 Å². The quantitative estimate of drug-likeness (QED) is 0.427. The molecule has 0 radical (unpaired) electrons. The molecular formula is C14H17NO5. The molecule has 0 aliphatic carbocycles. The van der Waals surface area contributed by atoms with Crippen LogP contribution in [-0.2, 0) is 0 Å². The second-order valence-electron chi connectivity index (χ2n) is 4.95. The van der Waals surface area contributed by atoms with Gasteiger partial charge in [0, 0.05) is 11.3 Å². The first kappa shape index (κ1) is 14.0. The van der Waals surface area contributed by atoms with E-state index in [4.69, 9.17) is 0 Å². The van der Waals surface area contributed by atoms with Crippen LogP contribution in [0.1, 0.15) is 37.4 Å². The van der Waals surface area contributed by atoms with Gasteiger partial charge in [-0.25, -0.2) is 0 Å². The Morgan fingerprint density at radius 2 is 1.60 bits per heavy atom. The van der Waals surface area contributed by atoms with Crippen LogP contribution < -0.4 is 5.56 Å². The highest BCUT2D eigenvalue weighted by Gasteiger charge is 2.26. The standard InChI is InChI=1S/C14H17NO5/c1-4-5(2)7-10(16)9-8(12(18)11(7)17)6(3)15-14(20)13(9)19/h5,16-19H,4H2,1-3H3,(H,15,20). The molecule has 2 rings (SSSR count). The molecule has 0 bridgehead atoms. The third kappa shape index (κ3) is 1.76. The third-order valence-corrected chi connectivity index (χ3v) is 3.69. The molecule has 1 aromatic carbocycles. The van der Waals surface area contributed by atoms with Gasteiger partial charge in [-0.15, -0.1) is 0 Å². The zero-order valence-corrected chi connectivity index (χ0v) is 11.5. The smallest absolute Gasteiger partial charge is 0.291 e. The summed E-state index contributed by atoms with van der Waals surface area (Å²) in [4.78, 5) is 13.9. The van der Waals surface area contributed by atoms with E-state index in [1.54, 1.807) is 6.92 Å². The van der Waals surface area contributed by atoms with E-state index in [1.165, 1.54) is 6.92 Å². The first-order valence-corrected chi connectivity index (χ1v) is 6.33. The molecule has 6 nitrogen and oxygen atoms in total. The van der Waals surface area contributed by atoms with E-state index in [9.17, 15) is 25.2 Å². The maximum atomic E-state index is 11.6. The van der Waals surface area contributed by atoms with Gasteiger partial charge in [-0.1, -0.05) is 13.8 Å². The molecule has 20 heavy (non-hydrogen) atoms. The largest absolute Gasteiger partial charge is 0.507 e. The number of aryl methyl sites for hydroxylation is 1. The number of fused-ring (bicyclic) bond motifs is 1. The minimum Gasteiger partial charge on any atom is -0.507 e. The molecule has 5 N–H and O–H groups in total. The number of hydrogen-bond donors (Lipinski definition) is 5. The molecule has 0 fully saturated rings. The van der Waals surface area contributed by atoms with Crippen molar-refractivity contribution in [2.24, 2.45) is 0 Å². The van der Waals surface area contributed by atoms with Crippen LogP contribution in [0.2, 0.25) is 0 Å². The van der Waals surface area contributed by atoms with Gasteiger partial charge in [-0.3, -0.25) is 4.79 Å². The first-order chi connectivity index (χ1) is 9.31. The second kappa shape index (κ2) is 4.63. The molecule has 1 atom stereocenters. The zero-order valence-electron chi connectivity index (χ0n) is 11.5. The highest BCUT2D eigenvalue weighted by Crippen LogP contribution is 2.49. The van der Waals surface area contributed by atoms with Crippen molar-refractivity contribution in [2.45, 2.75) is 33.1 Å². The fourth-order valence-corrected chi connectivity index (χ4v) is 2.40. The Balaban J connectivity index is 3.09. The minimum atomic E-state index is -0.759. The topological polar surface area (TPSA) is 114 Å². The van der Waals surface area contributed by atoms with Gasteiger partial charge >= 0.3 is 0 Å². The van der Waals surface area contributed by atoms with Gasteiger partial charge in [0.15, 0.2) is 17.2 Å². The summed E-state index contributed by atoms with van der Waals surface area (Å²) in [5.41, 5.74) is -0.384.